The van der Waals surface area contributed by atoms with Crippen LogP contribution >= 0.6 is 0 Å². The monoisotopic (exact) mass is 343 g/mol. The number of carbonyl (C=O) groups excluding carboxylic acids is 1. The van der Waals surface area contributed by atoms with Crippen molar-refractivity contribution in [3.8, 4) is 11.4 Å². The molecule has 7 heteroatoms. The first-order valence-corrected chi connectivity index (χ1v) is 8.26. The lowest BCUT2D eigenvalue weighted by molar-refractivity contribution is -0.143. The topological polar surface area (TPSA) is 84.7 Å². The highest BCUT2D eigenvalue weighted by Crippen LogP contribution is 2.21. The van der Waals surface area contributed by atoms with Crippen molar-refractivity contribution in [2.45, 2.75) is 32.2 Å². The second-order valence-corrected chi connectivity index (χ2v) is 6.13. The Balaban J connectivity index is 1.88. The zero-order valence-electron chi connectivity index (χ0n) is 14.3. The SMILES string of the molecule is COc1ccc(-n2nc(C(=O)N3CCCCC3C(=O)O)cc2C)cc1. The third kappa shape index (κ3) is 3.35. The molecule has 132 valence electrons. The molecule has 1 N–H and O–H groups in total. The summed E-state index contributed by atoms with van der Waals surface area (Å²) in [4.78, 5) is 25.6. The molecule has 2 aromatic rings. The van der Waals surface area contributed by atoms with Crippen LogP contribution in [0.25, 0.3) is 5.69 Å². The lowest BCUT2D eigenvalue weighted by Crippen LogP contribution is -2.48. The van der Waals surface area contributed by atoms with Gasteiger partial charge in [0.2, 0.25) is 0 Å². The van der Waals surface area contributed by atoms with Crippen LogP contribution in [-0.2, 0) is 4.79 Å². The molecule has 1 aromatic carbocycles. The van der Waals surface area contributed by atoms with Crippen LogP contribution in [0, 0.1) is 6.92 Å². The molecule has 0 bridgehead atoms. The van der Waals surface area contributed by atoms with Gasteiger partial charge in [0, 0.05) is 12.2 Å². The van der Waals surface area contributed by atoms with Crippen molar-refractivity contribution in [1.82, 2.24) is 14.7 Å². The maximum Gasteiger partial charge on any atom is 0.326 e. The molecular weight excluding hydrogens is 322 g/mol. The zero-order chi connectivity index (χ0) is 18.0. The van der Waals surface area contributed by atoms with E-state index in [4.69, 9.17) is 4.74 Å². The summed E-state index contributed by atoms with van der Waals surface area (Å²) in [7, 11) is 1.60. The van der Waals surface area contributed by atoms with E-state index in [1.807, 2.05) is 31.2 Å². The van der Waals surface area contributed by atoms with Gasteiger partial charge in [-0.25, -0.2) is 9.48 Å². The molecule has 1 aliphatic rings. The molecular formula is C18H21N3O4. The highest BCUT2D eigenvalue weighted by molar-refractivity contribution is 5.95. The molecule has 1 fully saturated rings. The van der Waals surface area contributed by atoms with Gasteiger partial charge in [0.15, 0.2) is 5.69 Å². The molecule has 0 aliphatic carbocycles. The Hall–Kier alpha value is -2.83. The molecule has 1 aliphatic heterocycles. The zero-order valence-corrected chi connectivity index (χ0v) is 14.3. The molecule has 2 heterocycles. The molecule has 1 aromatic heterocycles. The first-order valence-electron chi connectivity index (χ1n) is 8.26. The number of rotatable bonds is 4. The number of aliphatic carboxylic acids is 1. The van der Waals surface area contributed by atoms with Crippen molar-refractivity contribution in [2.24, 2.45) is 0 Å². The second kappa shape index (κ2) is 6.96. The van der Waals surface area contributed by atoms with E-state index < -0.39 is 12.0 Å². The summed E-state index contributed by atoms with van der Waals surface area (Å²) < 4.78 is 6.82. The summed E-state index contributed by atoms with van der Waals surface area (Å²) in [6, 6.07) is 8.28. The van der Waals surface area contributed by atoms with Crippen molar-refractivity contribution in [3.05, 3.63) is 41.7 Å². The van der Waals surface area contributed by atoms with Gasteiger partial charge in [0.25, 0.3) is 5.91 Å². The van der Waals surface area contributed by atoms with Gasteiger partial charge in [-0.05, 0) is 56.5 Å². The van der Waals surface area contributed by atoms with Gasteiger partial charge in [-0.1, -0.05) is 0 Å². The van der Waals surface area contributed by atoms with Crippen molar-refractivity contribution in [1.29, 1.82) is 0 Å². The van der Waals surface area contributed by atoms with Gasteiger partial charge in [-0.3, -0.25) is 4.79 Å². The summed E-state index contributed by atoms with van der Waals surface area (Å²) in [6.07, 6.45) is 2.12. The quantitative estimate of drug-likeness (QED) is 0.920. The number of benzene rings is 1. The summed E-state index contributed by atoms with van der Waals surface area (Å²) >= 11 is 0. The Morgan fingerprint density at radius 2 is 1.96 bits per heavy atom. The van der Waals surface area contributed by atoms with Crippen LogP contribution in [0.5, 0.6) is 5.75 Å². The van der Waals surface area contributed by atoms with Crippen molar-refractivity contribution < 1.29 is 19.4 Å². The summed E-state index contributed by atoms with van der Waals surface area (Å²) in [6.45, 7) is 2.31. The number of hydrogen-bond donors (Lipinski definition) is 1. The minimum Gasteiger partial charge on any atom is -0.497 e. The van der Waals surface area contributed by atoms with Crippen molar-refractivity contribution in [3.63, 3.8) is 0 Å². The van der Waals surface area contributed by atoms with E-state index in [-0.39, 0.29) is 11.6 Å². The standard InChI is InChI=1S/C18H21N3O4/c1-12-11-15(17(22)20-10-4-3-5-16(20)18(23)24)19-21(12)13-6-8-14(25-2)9-7-13/h6-9,11,16H,3-5,10H2,1-2H3,(H,23,24). The Bertz CT molecular complexity index is 782. The third-order valence-corrected chi connectivity index (χ3v) is 4.47. The minimum atomic E-state index is -0.959. The first-order chi connectivity index (χ1) is 12.0. The Kier molecular flexibility index (Phi) is 4.74. The highest BCUT2D eigenvalue weighted by atomic mass is 16.5. The predicted molar refractivity (Wildman–Crippen MR) is 91.2 cm³/mol. The van der Waals surface area contributed by atoms with Crippen molar-refractivity contribution in [2.75, 3.05) is 13.7 Å². The number of carboxylic acid groups (broad SMARTS) is 1. The minimum absolute atomic E-state index is 0.265. The van der Waals surface area contributed by atoms with Crippen LogP contribution < -0.4 is 4.74 Å². The average Bonchev–Trinajstić information content (AvgIpc) is 3.03. The van der Waals surface area contributed by atoms with Gasteiger partial charge in [-0.15, -0.1) is 0 Å². The fourth-order valence-corrected chi connectivity index (χ4v) is 3.14. The van der Waals surface area contributed by atoms with Gasteiger partial charge in [-0.2, -0.15) is 5.10 Å². The molecule has 0 spiro atoms. The fourth-order valence-electron chi connectivity index (χ4n) is 3.14. The number of methoxy groups -OCH3 is 1. The lowest BCUT2D eigenvalue weighted by atomic mass is 10.0. The van der Waals surface area contributed by atoms with E-state index in [2.05, 4.69) is 5.10 Å². The Morgan fingerprint density at radius 1 is 1.24 bits per heavy atom. The number of hydrogen-bond acceptors (Lipinski definition) is 4. The maximum atomic E-state index is 12.8. The molecule has 0 radical (unpaired) electrons. The van der Waals surface area contributed by atoms with Crippen molar-refractivity contribution >= 4 is 11.9 Å². The van der Waals surface area contributed by atoms with Gasteiger partial charge >= 0.3 is 5.97 Å². The maximum absolute atomic E-state index is 12.8. The molecule has 7 nitrogen and oxygen atoms in total. The van der Waals surface area contributed by atoms with Crippen LogP contribution in [0.4, 0.5) is 0 Å². The number of piperidine rings is 1. The largest absolute Gasteiger partial charge is 0.497 e. The summed E-state index contributed by atoms with van der Waals surface area (Å²) in [5.41, 5.74) is 1.88. The number of ether oxygens (including phenoxy) is 1. The normalized spacial score (nSPS) is 17.4. The molecule has 3 rings (SSSR count). The van der Waals surface area contributed by atoms with E-state index in [1.165, 1.54) is 4.90 Å². The first kappa shape index (κ1) is 17.0. The molecule has 0 saturated carbocycles. The van der Waals surface area contributed by atoms with E-state index in [0.29, 0.717) is 13.0 Å². The van der Waals surface area contributed by atoms with E-state index in [1.54, 1.807) is 17.9 Å². The number of aromatic nitrogens is 2. The molecule has 1 saturated heterocycles. The number of likely N-dealkylation sites (tertiary alicyclic amines) is 1. The number of carbonyl (C=O) groups is 2. The summed E-state index contributed by atoms with van der Waals surface area (Å²) in [5, 5.41) is 13.8. The van der Waals surface area contributed by atoms with Crippen LogP contribution in [0.15, 0.2) is 30.3 Å². The third-order valence-electron chi connectivity index (χ3n) is 4.47. The van der Waals surface area contributed by atoms with Crippen LogP contribution in [0.3, 0.4) is 0 Å². The average molecular weight is 343 g/mol. The summed E-state index contributed by atoms with van der Waals surface area (Å²) in [5.74, 6) is -0.552. The van der Waals surface area contributed by atoms with E-state index >= 15 is 0 Å². The Labute approximate surface area is 145 Å². The number of amides is 1. The molecule has 1 atom stereocenters. The van der Waals surface area contributed by atoms with Crippen LogP contribution in [0.2, 0.25) is 0 Å². The number of aryl methyl sites for hydroxylation is 1. The van der Waals surface area contributed by atoms with E-state index in [0.717, 1.165) is 30.0 Å². The highest BCUT2D eigenvalue weighted by Gasteiger charge is 2.33. The molecule has 1 amide bonds. The Morgan fingerprint density at radius 3 is 2.60 bits per heavy atom. The molecule has 25 heavy (non-hydrogen) atoms. The van der Waals surface area contributed by atoms with Gasteiger partial charge < -0.3 is 14.7 Å². The van der Waals surface area contributed by atoms with Gasteiger partial charge in [0.05, 0.1) is 12.8 Å². The smallest absolute Gasteiger partial charge is 0.326 e. The number of nitrogens with zero attached hydrogens (tertiary/aromatic N) is 3. The molecule has 1 unspecified atom stereocenters. The van der Waals surface area contributed by atoms with Crippen LogP contribution in [-0.4, -0.2) is 51.4 Å². The second-order valence-electron chi connectivity index (χ2n) is 6.13. The fraction of sp³-hybridized carbons (Fsp3) is 0.389. The van der Waals surface area contributed by atoms with Gasteiger partial charge in [0.1, 0.15) is 11.8 Å². The van der Waals surface area contributed by atoms with E-state index in [9.17, 15) is 14.7 Å². The number of carboxylic acids is 1. The van der Waals surface area contributed by atoms with Crippen LogP contribution in [0.1, 0.15) is 35.4 Å². The lowest BCUT2D eigenvalue weighted by Gasteiger charge is -2.32. The predicted octanol–water partition coefficient (Wildman–Crippen LogP) is 2.27.